The second-order valence-electron chi connectivity index (χ2n) is 5.09. The van der Waals surface area contributed by atoms with Gasteiger partial charge in [0, 0.05) is 6.07 Å². The fourth-order valence-corrected chi connectivity index (χ4v) is 2.30. The highest BCUT2D eigenvalue weighted by atomic mass is 16.6. The minimum absolute atomic E-state index is 0.131. The maximum absolute atomic E-state index is 12.1. The van der Waals surface area contributed by atoms with Crippen LogP contribution in [0, 0.1) is 0 Å². The lowest BCUT2D eigenvalue weighted by Crippen LogP contribution is -2.40. The summed E-state index contributed by atoms with van der Waals surface area (Å²) in [7, 11) is 1.49. The van der Waals surface area contributed by atoms with Crippen LogP contribution in [0.2, 0.25) is 0 Å². The quantitative estimate of drug-likeness (QED) is 0.902. The van der Waals surface area contributed by atoms with Crippen LogP contribution in [0.15, 0.2) is 42.5 Å². The third kappa shape index (κ3) is 3.31. The summed E-state index contributed by atoms with van der Waals surface area (Å²) in [6.45, 7) is 0.629. The summed E-state index contributed by atoms with van der Waals surface area (Å²) < 4.78 is 16.3. The molecular formula is C17H17NO5. The second kappa shape index (κ2) is 6.48. The minimum Gasteiger partial charge on any atom is -0.507 e. The van der Waals surface area contributed by atoms with Gasteiger partial charge < -0.3 is 24.6 Å². The number of benzene rings is 2. The molecule has 0 bridgehead atoms. The van der Waals surface area contributed by atoms with Crippen molar-refractivity contribution < 1.29 is 24.1 Å². The number of hydrogen-bond acceptors (Lipinski definition) is 5. The van der Waals surface area contributed by atoms with Crippen molar-refractivity contribution in [2.75, 3.05) is 20.3 Å². The summed E-state index contributed by atoms with van der Waals surface area (Å²) in [5, 5.41) is 12.6. The van der Waals surface area contributed by atoms with E-state index in [1.54, 1.807) is 6.07 Å². The van der Waals surface area contributed by atoms with Crippen LogP contribution in [-0.4, -0.2) is 37.4 Å². The summed E-state index contributed by atoms with van der Waals surface area (Å²) in [6.07, 6.45) is -0.283. The molecule has 0 radical (unpaired) electrons. The Morgan fingerprint density at radius 3 is 2.83 bits per heavy atom. The standard InChI is InChI=1S/C17H17NO5/c1-21-11-6-7-13(14(19)8-11)17(20)18-9-12-10-22-15-4-2-3-5-16(15)23-12/h2-8,12,19H,9-10H2,1H3,(H,18,20)/t12-/m1/s1. The van der Waals surface area contributed by atoms with E-state index in [1.807, 2.05) is 24.3 Å². The van der Waals surface area contributed by atoms with Crippen molar-refractivity contribution in [1.29, 1.82) is 0 Å². The number of nitrogens with one attached hydrogen (secondary N) is 1. The van der Waals surface area contributed by atoms with E-state index < -0.39 is 0 Å². The number of methoxy groups -OCH3 is 1. The fourth-order valence-electron chi connectivity index (χ4n) is 2.30. The molecule has 6 heteroatoms. The molecule has 0 spiro atoms. The lowest BCUT2D eigenvalue weighted by molar-refractivity contribution is 0.0787. The van der Waals surface area contributed by atoms with Gasteiger partial charge in [0.25, 0.3) is 5.91 Å². The number of aromatic hydroxyl groups is 1. The largest absolute Gasteiger partial charge is 0.507 e. The Balaban J connectivity index is 1.60. The Hall–Kier alpha value is -2.89. The van der Waals surface area contributed by atoms with Crippen LogP contribution >= 0.6 is 0 Å². The first kappa shape index (κ1) is 15.0. The lowest BCUT2D eigenvalue weighted by Gasteiger charge is -2.26. The number of carbonyl (C=O) groups is 1. The summed E-state index contributed by atoms with van der Waals surface area (Å²) >= 11 is 0. The maximum atomic E-state index is 12.1. The molecule has 0 unspecified atom stereocenters. The lowest BCUT2D eigenvalue weighted by atomic mass is 10.1. The Morgan fingerprint density at radius 2 is 2.09 bits per heavy atom. The van der Waals surface area contributed by atoms with Gasteiger partial charge >= 0.3 is 0 Å². The number of fused-ring (bicyclic) bond motifs is 1. The van der Waals surface area contributed by atoms with E-state index in [9.17, 15) is 9.90 Å². The van der Waals surface area contributed by atoms with E-state index in [0.717, 1.165) is 0 Å². The van der Waals surface area contributed by atoms with Crippen molar-refractivity contribution in [1.82, 2.24) is 5.32 Å². The van der Waals surface area contributed by atoms with Crippen LogP contribution in [0.4, 0.5) is 0 Å². The average Bonchev–Trinajstić information content (AvgIpc) is 2.59. The molecule has 0 saturated heterocycles. The zero-order valence-electron chi connectivity index (χ0n) is 12.6. The Kier molecular flexibility index (Phi) is 4.23. The Morgan fingerprint density at radius 1 is 1.30 bits per heavy atom. The molecule has 2 N–H and O–H groups in total. The highest BCUT2D eigenvalue weighted by Crippen LogP contribution is 2.30. The number of rotatable bonds is 4. The zero-order chi connectivity index (χ0) is 16.2. The molecule has 6 nitrogen and oxygen atoms in total. The van der Waals surface area contributed by atoms with E-state index in [2.05, 4.69) is 5.32 Å². The first-order valence-corrected chi connectivity index (χ1v) is 7.21. The van der Waals surface area contributed by atoms with E-state index in [0.29, 0.717) is 23.9 Å². The van der Waals surface area contributed by atoms with Crippen molar-refractivity contribution in [3.8, 4) is 23.0 Å². The number of hydrogen-bond donors (Lipinski definition) is 2. The van der Waals surface area contributed by atoms with Gasteiger partial charge in [0.15, 0.2) is 11.5 Å². The van der Waals surface area contributed by atoms with Gasteiger partial charge in [0.1, 0.15) is 24.2 Å². The molecule has 3 rings (SSSR count). The van der Waals surface area contributed by atoms with Crippen LogP contribution in [0.25, 0.3) is 0 Å². The highest BCUT2D eigenvalue weighted by molar-refractivity contribution is 5.97. The minimum atomic E-state index is -0.382. The van der Waals surface area contributed by atoms with Gasteiger partial charge in [-0.2, -0.15) is 0 Å². The number of amides is 1. The highest BCUT2D eigenvalue weighted by Gasteiger charge is 2.22. The summed E-state index contributed by atoms with van der Waals surface area (Å²) in [5.41, 5.74) is 0.183. The van der Waals surface area contributed by atoms with Gasteiger partial charge in [0.05, 0.1) is 19.2 Å². The monoisotopic (exact) mass is 315 g/mol. The summed E-state index contributed by atoms with van der Waals surface area (Å²) in [5.74, 6) is 1.33. The van der Waals surface area contributed by atoms with Crippen molar-refractivity contribution in [2.45, 2.75) is 6.10 Å². The molecule has 2 aromatic carbocycles. The van der Waals surface area contributed by atoms with Crippen LogP contribution in [-0.2, 0) is 0 Å². The first-order valence-electron chi connectivity index (χ1n) is 7.21. The molecule has 0 fully saturated rings. The van der Waals surface area contributed by atoms with Crippen LogP contribution in [0.5, 0.6) is 23.0 Å². The molecule has 1 atom stereocenters. The molecule has 1 aliphatic rings. The molecule has 0 aliphatic carbocycles. The number of phenolic OH excluding ortho intramolecular Hbond substituents is 1. The summed E-state index contributed by atoms with van der Waals surface area (Å²) in [6, 6.07) is 11.9. The Bertz CT molecular complexity index is 716. The van der Waals surface area contributed by atoms with Gasteiger partial charge in [-0.05, 0) is 24.3 Å². The SMILES string of the molecule is COc1ccc(C(=O)NC[C@@H]2COc3ccccc3O2)c(O)c1. The van der Waals surface area contributed by atoms with E-state index >= 15 is 0 Å². The number of carbonyl (C=O) groups excluding carboxylic acids is 1. The topological polar surface area (TPSA) is 77.0 Å². The molecule has 120 valence electrons. The van der Waals surface area contributed by atoms with Gasteiger partial charge in [-0.1, -0.05) is 12.1 Å². The van der Waals surface area contributed by atoms with E-state index in [-0.39, 0.29) is 29.9 Å². The normalized spacial score (nSPS) is 15.8. The molecule has 1 amide bonds. The van der Waals surface area contributed by atoms with Crippen molar-refractivity contribution >= 4 is 5.91 Å². The predicted molar refractivity (Wildman–Crippen MR) is 83.3 cm³/mol. The van der Waals surface area contributed by atoms with Gasteiger partial charge in [0.2, 0.25) is 0 Å². The number of ether oxygens (including phenoxy) is 3. The predicted octanol–water partition coefficient (Wildman–Crippen LogP) is 1.97. The van der Waals surface area contributed by atoms with Crippen LogP contribution in [0.3, 0.4) is 0 Å². The molecule has 1 heterocycles. The molecular weight excluding hydrogens is 298 g/mol. The molecule has 23 heavy (non-hydrogen) atoms. The average molecular weight is 315 g/mol. The number of para-hydroxylation sites is 2. The zero-order valence-corrected chi connectivity index (χ0v) is 12.6. The van der Waals surface area contributed by atoms with Crippen LogP contribution in [0.1, 0.15) is 10.4 Å². The number of phenols is 1. The Labute approximate surface area is 133 Å². The van der Waals surface area contributed by atoms with E-state index in [4.69, 9.17) is 14.2 Å². The van der Waals surface area contributed by atoms with Gasteiger partial charge in [-0.15, -0.1) is 0 Å². The van der Waals surface area contributed by atoms with Crippen molar-refractivity contribution in [3.63, 3.8) is 0 Å². The molecule has 0 aromatic heterocycles. The second-order valence-corrected chi connectivity index (χ2v) is 5.09. The molecule has 2 aromatic rings. The third-order valence-electron chi connectivity index (χ3n) is 3.51. The maximum Gasteiger partial charge on any atom is 0.255 e. The van der Waals surface area contributed by atoms with Crippen LogP contribution < -0.4 is 19.5 Å². The smallest absolute Gasteiger partial charge is 0.255 e. The van der Waals surface area contributed by atoms with Crippen molar-refractivity contribution in [2.24, 2.45) is 0 Å². The first-order chi connectivity index (χ1) is 11.2. The third-order valence-corrected chi connectivity index (χ3v) is 3.51. The van der Waals surface area contributed by atoms with Gasteiger partial charge in [-0.25, -0.2) is 0 Å². The summed E-state index contributed by atoms with van der Waals surface area (Å²) in [4.78, 5) is 12.1. The van der Waals surface area contributed by atoms with E-state index in [1.165, 1.54) is 19.2 Å². The van der Waals surface area contributed by atoms with Gasteiger partial charge in [-0.3, -0.25) is 4.79 Å². The van der Waals surface area contributed by atoms with Crippen molar-refractivity contribution in [3.05, 3.63) is 48.0 Å². The molecule has 0 saturated carbocycles. The molecule has 1 aliphatic heterocycles. The fraction of sp³-hybridized carbons (Fsp3) is 0.235.